The van der Waals surface area contributed by atoms with Crippen molar-refractivity contribution in [2.45, 2.75) is 32.7 Å². The number of nitrogens with one attached hydrogen (secondary N) is 1. The van der Waals surface area contributed by atoms with Crippen LogP contribution in [0.25, 0.3) is 0 Å². The van der Waals surface area contributed by atoms with Crippen molar-refractivity contribution < 1.29 is 14.3 Å². The van der Waals surface area contributed by atoms with Crippen LogP contribution in [-0.4, -0.2) is 45.2 Å². The summed E-state index contributed by atoms with van der Waals surface area (Å²) in [6.45, 7) is 6.78. The van der Waals surface area contributed by atoms with Crippen LogP contribution in [0.1, 0.15) is 42.5 Å². The van der Waals surface area contributed by atoms with E-state index >= 15 is 0 Å². The Morgan fingerprint density at radius 1 is 1.07 bits per heavy atom. The molecule has 0 bridgehead atoms. The number of carbonyl (C=O) groups excluding carboxylic acids is 1. The largest absolute Gasteiger partial charge is 0.497 e. The van der Waals surface area contributed by atoms with Crippen LogP contribution in [0.15, 0.2) is 42.5 Å². The molecule has 0 aliphatic rings. The molecule has 1 amide bonds. The summed E-state index contributed by atoms with van der Waals surface area (Å²) >= 11 is 0. The van der Waals surface area contributed by atoms with Gasteiger partial charge in [-0.2, -0.15) is 0 Å². The molecule has 2 aromatic rings. The average Bonchev–Trinajstić information content (AvgIpc) is 2.67. The van der Waals surface area contributed by atoms with E-state index < -0.39 is 0 Å². The number of amides is 1. The minimum absolute atomic E-state index is 0.00511. The topological polar surface area (TPSA) is 50.8 Å². The fourth-order valence-electron chi connectivity index (χ4n) is 2.96. The molecule has 1 unspecified atom stereocenters. The monoisotopic (exact) mass is 384 g/mol. The first-order chi connectivity index (χ1) is 13.3. The maximum absolute atomic E-state index is 12.3. The summed E-state index contributed by atoms with van der Waals surface area (Å²) in [6, 6.07) is 14.1. The Morgan fingerprint density at radius 3 is 2.29 bits per heavy atom. The highest BCUT2D eigenvalue weighted by Crippen LogP contribution is 2.24. The molecule has 5 heteroatoms. The first-order valence-electron chi connectivity index (χ1n) is 9.62. The van der Waals surface area contributed by atoms with Crippen LogP contribution >= 0.6 is 0 Å². The first kappa shape index (κ1) is 21.8. The highest BCUT2D eigenvalue weighted by Gasteiger charge is 2.16. The van der Waals surface area contributed by atoms with E-state index in [1.807, 2.05) is 57.4 Å². The lowest BCUT2D eigenvalue weighted by molar-refractivity contribution is -0.123. The third-order valence-electron chi connectivity index (χ3n) is 4.85. The first-order valence-corrected chi connectivity index (χ1v) is 9.62. The maximum Gasteiger partial charge on any atom is 0.258 e. The molecule has 0 saturated carbocycles. The SMILES string of the molecule is COc1ccc(C(CNC(=O)COc2cc(C(C)C)ccc2C)N(C)C)cc1. The van der Waals surface area contributed by atoms with Gasteiger partial charge in [0, 0.05) is 6.54 Å². The van der Waals surface area contributed by atoms with Crippen molar-refractivity contribution in [1.29, 1.82) is 0 Å². The normalized spacial score (nSPS) is 12.1. The van der Waals surface area contributed by atoms with Crippen molar-refractivity contribution in [1.82, 2.24) is 10.2 Å². The average molecular weight is 385 g/mol. The zero-order chi connectivity index (χ0) is 20.7. The predicted molar refractivity (Wildman–Crippen MR) is 113 cm³/mol. The molecule has 0 fully saturated rings. The van der Waals surface area contributed by atoms with Crippen molar-refractivity contribution in [3.8, 4) is 11.5 Å². The van der Waals surface area contributed by atoms with Gasteiger partial charge in [-0.1, -0.05) is 38.1 Å². The third-order valence-corrected chi connectivity index (χ3v) is 4.85. The van der Waals surface area contributed by atoms with Gasteiger partial charge in [0.05, 0.1) is 13.2 Å². The summed E-state index contributed by atoms with van der Waals surface area (Å²) in [6.07, 6.45) is 0. The Labute approximate surface area is 168 Å². The molecule has 0 aliphatic heterocycles. The van der Waals surface area contributed by atoms with Crippen LogP contribution in [0.5, 0.6) is 11.5 Å². The second-order valence-electron chi connectivity index (χ2n) is 7.52. The zero-order valence-corrected chi connectivity index (χ0v) is 17.8. The smallest absolute Gasteiger partial charge is 0.258 e. The van der Waals surface area contributed by atoms with Crippen molar-refractivity contribution >= 4 is 5.91 Å². The second-order valence-corrected chi connectivity index (χ2v) is 7.52. The van der Waals surface area contributed by atoms with Gasteiger partial charge in [0.15, 0.2) is 6.61 Å². The number of likely N-dealkylation sites (N-methyl/N-ethyl adjacent to an activating group) is 1. The summed E-state index contributed by atoms with van der Waals surface area (Å²) in [5.74, 6) is 1.87. The molecule has 0 aliphatic carbocycles. The number of hydrogen-bond acceptors (Lipinski definition) is 4. The fraction of sp³-hybridized carbons (Fsp3) is 0.435. The van der Waals surface area contributed by atoms with Crippen LogP contribution < -0.4 is 14.8 Å². The fourth-order valence-corrected chi connectivity index (χ4v) is 2.96. The van der Waals surface area contributed by atoms with E-state index in [2.05, 4.69) is 30.1 Å². The summed E-state index contributed by atoms with van der Waals surface area (Å²) < 4.78 is 11.0. The molecular weight excluding hydrogens is 352 g/mol. The van der Waals surface area contributed by atoms with Crippen LogP contribution in [0.4, 0.5) is 0 Å². The van der Waals surface area contributed by atoms with E-state index in [9.17, 15) is 4.79 Å². The lowest BCUT2D eigenvalue weighted by Crippen LogP contribution is -2.36. The minimum Gasteiger partial charge on any atom is -0.497 e. The Hall–Kier alpha value is -2.53. The van der Waals surface area contributed by atoms with Gasteiger partial charge >= 0.3 is 0 Å². The molecule has 0 radical (unpaired) electrons. The molecule has 0 saturated heterocycles. The van der Waals surface area contributed by atoms with Gasteiger partial charge in [0.2, 0.25) is 0 Å². The molecule has 0 aromatic heterocycles. The standard InChI is InChI=1S/C23H32N2O3/c1-16(2)19-8-7-17(3)22(13-19)28-15-23(26)24-14-21(25(4)5)18-9-11-20(27-6)12-10-18/h7-13,16,21H,14-15H2,1-6H3,(H,24,26). The van der Waals surface area contributed by atoms with Crippen molar-refractivity contribution in [2.75, 3.05) is 34.4 Å². The Kier molecular flexibility index (Phi) is 7.88. The van der Waals surface area contributed by atoms with Crippen molar-refractivity contribution in [3.63, 3.8) is 0 Å². The Balaban J connectivity index is 1.93. The molecule has 0 heterocycles. The lowest BCUT2D eigenvalue weighted by atomic mass is 10.0. The van der Waals surface area contributed by atoms with Crippen LogP contribution in [0.3, 0.4) is 0 Å². The Morgan fingerprint density at radius 2 is 1.71 bits per heavy atom. The number of nitrogens with zero attached hydrogens (tertiary/aromatic N) is 1. The van der Waals surface area contributed by atoms with E-state index in [-0.39, 0.29) is 18.6 Å². The number of aryl methyl sites for hydroxylation is 1. The van der Waals surface area contributed by atoms with Crippen molar-refractivity contribution in [2.24, 2.45) is 0 Å². The van der Waals surface area contributed by atoms with E-state index in [4.69, 9.17) is 9.47 Å². The van der Waals surface area contributed by atoms with E-state index in [1.54, 1.807) is 7.11 Å². The minimum atomic E-state index is -0.130. The number of hydrogen-bond donors (Lipinski definition) is 1. The zero-order valence-electron chi connectivity index (χ0n) is 17.8. The molecule has 28 heavy (non-hydrogen) atoms. The van der Waals surface area contributed by atoms with Crippen LogP contribution in [0.2, 0.25) is 0 Å². The van der Waals surface area contributed by atoms with Gasteiger partial charge < -0.3 is 19.7 Å². The quantitative estimate of drug-likeness (QED) is 0.712. The Bertz CT molecular complexity index is 770. The van der Waals surface area contributed by atoms with Gasteiger partial charge in [-0.3, -0.25) is 4.79 Å². The van der Waals surface area contributed by atoms with E-state index in [0.29, 0.717) is 12.5 Å². The number of benzene rings is 2. The number of carbonyl (C=O) groups is 1. The molecule has 0 spiro atoms. The molecule has 2 aromatic carbocycles. The summed E-state index contributed by atoms with van der Waals surface area (Å²) in [4.78, 5) is 14.4. The van der Waals surface area contributed by atoms with Gasteiger partial charge in [0.1, 0.15) is 11.5 Å². The van der Waals surface area contributed by atoms with E-state index in [1.165, 1.54) is 5.56 Å². The van der Waals surface area contributed by atoms with Crippen molar-refractivity contribution in [3.05, 3.63) is 59.2 Å². The van der Waals surface area contributed by atoms with Gasteiger partial charge in [0.25, 0.3) is 5.91 Å². The highest BCUT2D eigenvalue weighted by atomic mass is 16.5. The molecular formula is C23H32N2O3. The number of rotatable bonds is 9. The second kappa shape index (κ2) is 10.1. The maximum atomic E-state index is 12.3. The molecule has 152 valence electrons. The summed E-state index contributed by atoms with van der Waals surface area (Å²) in [5, 5.41) is 2.98. The van der Waals surface area contributed by atoms with E-state index in [0.717, 1.165) is 22.6 Å². The third kappa shape index (κ3) is 5.99. The van der Waals surface area contributed by atoms with Gasteiger partial charge in [-0.15, -0.1) is 0 Å². The predicted octanol–water partition coefficient (Wildman–Crippen LogP) is 3.92. The highest BCUT2D eigenvalue weighted by molar-refractivity contribution is 5.77. The molecule has 5 nitrogen and oxygen atoms in total. The van der Waals surface area contributed by atoms with Crippen LogP contribution in [-0.2, 0) is 4.79 Å². The van der Waals surface area contributed by atoms with Gasteiger partial charge in [-0.05, 0) is 61.8 Å². The molecule has 2 rings (SSSR count). The van der Waals surface area contributed by atoms with Crippen LogP contribution in [0, 0.1) is 6.92 Å². The molecule has 1 atom stereocenters. The van der Waals surface area contributed by atoms with Gasteiger partial charge in [-0.25, -0.2) is 0 Å². The summed E-state index contributed by atoms with van der Waals surface area (Å²) in [7, 11) is 5.65. The number of methoxy groups -OCH3 is 1. The number of ether oxygens (including phenoxy) is 2. The summed E-state index contributed by atoms with van der Waals surface area (Å²) in [5.41, 5.74) is 3.35. The molecule has 1 N–H and O–H groups in total. The lowest BCUT2D eigenvalue weighted by Gasteiger charge is -2.25.